The van der Waals surface area contributed by atoms with Crippen molar-refractivity contribution in [2.45, 2.75) is 71.4 Å². The predicted molar refractivity (Wildman–Crippen MR) is 111 cm³/mol. The maximum absolute atomic E-state index is 12.9. The molecule has 4 rings (SSSR count). The number of hydrogen-bond acceptors (Lipinski definition) is 5. The lowest BCUT2D eigenvalue weighted by Gasteiger charge is -2.22. The van der Waals surface area contributed by atoms with E-state index in [1.54, 1.807) is 4.57 Å². The van der Waals surface area contributed by atoms with Crippen LogP contribution in [0, 0.1) is 5.92 Å². The molecule has 1 N–H and O–H groups in total. The summed E-state index contributed by atoms with van der Waals surface area (Å²) < 4.78 is 4.37. The van der Waals surface area contributed by atoms with E-state index < -0.39 is 0 Å². The van der Waals surface area contributed by atoms with E-state index in [4.69, 9.17) is 0 Å². The van der Waals surface area contributed by atoms with Crippen LogP contribution in [0.3, 0.4) is 0 Å². The number of nitrogens with one attached hydrogen (secondary N) is 1. The van der Waals surface area contributed by atoms with Gasteiger partial charge in [0.05, 0.1) is 5.52 Å². The summed E-state index contributed by atoms with van der Waals surface area (Å²) in [4.78, 5) is 25.3. The number of fused-ring (bicyclic) bond motifs is 3. The molecule has 0 spiro atoms. The normalized spacial score (nSPS) is 15.7. The summed E-state index contributed by atoms with van der Waals surface area (Å²) in [6.07, 6.45) is 6.71. The molecule has 150 valence electrons. The van der Waals surface area contributed by atoms with Crippen LogP contribution in [0.25, 0.3) is 16.0 Å². The Morgan fingerprint density at radius 1 is 1.29 bits per heavy atom. The molecule has 1 aliphatic carbocycles. The van der Waals surface area contributed by atoms with Crippen LogP contribution in [0.5, 0.6) is 0 Å². The molecule has 0 aliphatic heterocycles. The molecule has 3 aromatic heterocycles. The number of rotatable bonds is 6. The van der Waals surface area contributed by atoms with E-state index in [9.17, 15) is 9.59 Å². The van der Waals surface area contributed by atoms with Crippen LogP contribution >= 0.6 is 11.3 Å². The van der Waals surface area contributed by atoms with Crippen molar-refractivity contribution in [2.75, 3.05) is 0 Å². The number of nitrogens with zero attached hydrogens (tertiary/aromatic N) is 4. The Bertz CT molecular complexity index is 1040. The monoisotopic (exact) mass is 401 g/mol. The Morgan fingerprint density at radius 3 is 2.82 bits per heavy atom. The van der Waals surface area contributed by atoms with E-state index in [0.29, 0.717) is 41.8 Å². The number of thiophene rings is 1. The highest BCUT2D eigenvalue weighted by molar-refractivity contribution is 7.17. The average Bonchev–Trinajstić information content (AvgIpc) is 3.31. The van der Waals surface area contributed by atoms with Gasteiger partial charge in [0.2, 0.25) is 11.7 Å². The van der Waals surface area contributed by atoms with Gasteiger partial charge in [-0.05, 0) is 30.2 Å². The molecule has 7 nitrogen and oxygen atoms in total. The van der Waals surface area contributed by atoms with Crippen molar-refractivity contribution in [2.24, 2.45) is 5.92 Å². The topological polar surface area (TPSA) is 81.3 Å². The van der Waals surface area contributed by atoms with Crippen molar-refractivity contribution >= 4 is 33.2 Å². The lowest BCUT2D eigenvalue weighted by molar-refractivity contribution is -0.122. The Balaban J connectivity index is 1.60. The first-order chi connectivity index (χ1) is 13.5. The van der Waals surface area contributed by atoms with Crippen LogP contribution in [0.4, 0.5) is 0 Å². The molecule has 0 radical (unpaired) electrons. The van der Waals surface area contributed by atoms with E-state index in [1.165, 1.54) is 30.6 Å². The maximum Gasteiger partial charge on any atom is 0.272 e. The van der Waals surface area contributed by atoms with Crippen molar-refractivity contribution in [3.63, 3.8) is 0 Å². The molecule has 3 aromatic rings. The first kappa shape index (κ1) is 19.1. The minimum Gasteiger partial charge on any atom is -0.353 e. The van der Waals surface area contributed by atoms with Gasteiger partial charge < -0.3 is 5.32 Å². The molecule has 0 bridgehead atoms. The molecule has 1 saturated carbocycles. The van der Waals surface area contributed by atoms with Crippen molar-refractivity contribution in [3.05, 3.63) is 27.6 Å². The third-order valence-corrected chi connectivity index (χ3v) is 6.26. The Hall–Kier alpha value is -2.22. The second-order valence-corrected chi connectivity index (χ2v) is 9.01. The van der Waals surface area contributed by atoms with Gasteiger partial charge in [0, 0.05) is 25.4 Å². The maximum atomic E-state index is 12.9. The molecule has 0 aromatic carbocycles. The van der Waals surface area contributed by atoms with Gasteiger partial charge >= 0.3 is 0 Å². The van der Waals surface area contributed by atoms with Gasteiger partial charge in [-0.25, -0.2) is 0 Å². The highest BCUT2D eigenvalue weighted by Gasteiger charge is 2.20. The molecule has 0 unspecified atom stereocenters. The summed E-state index contributed by atoms with van der Waals surface area (Å²) in [6, 6.07) is 2.25. The summed E-state index contributed by atoms with van der Waals surface area (Å²) in [5.74, 6) is 1.68. The van der Waals surface area contributed by atoms with Crippen LogP contribution in [0.1, 0.15) is 58.2 Å². The van der Waals surface area contributed by atoms with Crippen LogP contribution < -0.4 is 10.9 Å². The molecule has 8 heteroatoms. The Morgan fingerprint density at radius 2 is 2.07 bits per heavy atom. The minimum absolute atomic E-state index is 0.0137. The largest absolute Gasteiger partial charge is 0.353 e. The second kappa shape index (κ2) is 8.03. The van der Waals surface area contributed by atoms with Gasteiger partial charge in [0.1, 0.15) is 10.5 Å². The fraction of sp³-hybridized carbons (Fsp3) is 0.600. The van der Waals surface area contributed by atoms with Crippen molar-refractivity contribution in [3.8, 4) is 0 Å². The fourth-order valence-corrected chi connectivity index (χ4v) is 4.87. The summed E-state index contributed by atoms with van der Waals surface area (Å²) in [6.45, 7) is 4.75. The van der Waals surface area contributed by atoms with E-state index in [0.717, 1.165) is 24.2 Å². The number of amides is 1. The van der Waals surface area contributed by atoms with Crippen molar-refractivity contribution < 1.29 is 4.79 Å². The first-order valence-electron chi connectivity index (χ1n) is 10.2. The zero-order valence-corrected chi connectivity index (χ0v) is 17.3. The third-order valence-electron chi connectivity index (χ3n) is 5.37. The molecule has 0 atom stereocenters. The molecule has 28 heavy (non-hydrogen) atoms. The van der Waals surface area contributed by atoms with Gasteiger partial charge in [-0.3, -0.25) is 18.6 Å². The highest BCUT2D eigenvalue weighted by Crippen LogP contribution is 2.21. The van der Waals surface area contributed by atoms with E-state index >= 15 is 0 Å². The summed E-state index contributed by atoms with van der Waals surface area (Å²) in [5.41, 5.74) is 0.817. The van der Waals surface area contributed by atoms with Crippen LogP contribution in [-0.4, -0.2) is 31.1 Å². The Labute approximate surface area is 167 Å². The number of aromatic nitrogens is 4. The fourth-order valence-electron chi connectivity index (χ4n) is 4.04. The lowest BCUT2D eigenvalue weighted by atomic mass is 9.95. The molecule has 0 saturated heterocycles. The van der Waals surface area contributed by atoms with Crippen molar-refractivity contribution in [1.29, 1.82) is 0 Å². The summed E-state index contributed by atoms with van der Waals surface area (Å²) in [7, 11) is 0. The average molecular weight is 402 g/mol. The van der Waals surface area contributed by atoms with Crippen LogP contribution in [0.15, 0.2) is 16.2 Å². The minimum atomic E-state index is -0.0137. The lowest BCUT2D eigenvalue weighted by Crippen LogP contribution is -2.36. The molecular formula is C20H27N5O2S. The van der Waals surface area contributed by atoms with Crippen LogP contribution in [0.2, 0.25) is 0 Å². The zero-order chi connectivity index (χ0) is 19.7. The van der Waals surface area contributed by atoms with E-state index in [-0.39, 0.29) is 11.5 Å². The van der Waals surface area contributed by atoms with E-state index in [1.807, 2.05) is 15.8 Å². The van der Waals surface area contributed by atoms with Gasteiger partial charge in [0.25, 0.3) is 5.56 Å². The quantitative estimate of drug-likeness (QED) is 0.688. The standard InChI is InChI=1S/C20H27N5O2S/c1-13(2)12-24-19(27)18-15(10-11-28-18)25-16(22-23-20(24)25)8-9-17(26)21-14-6-4-3-5-7-14/h10-11,13-14H,3-9,12H2,1-2H3,(H,21,26). The Kier molecular flexibility index (Phi) is 5.48. The third kappa shape index (κ3) is 3.70. The van der Waals surface area contributed by atoms with Gasteiger partial charge in [-0.2, -0.15) is 0 Å². The predicted octanol–water partition coefficient (Wildman–Crippen LogP) is 3.14. The van der Waals surface area contributed by atoms with Gasteiger partial charge in [-0.1, -0.05) is 33.1 Å². The highest BCUT2D eigenvalue weighted by atomic mass is 32.1. The van der Waals surface area contributed by atoms with E-state index in [2.05, 4.69) is 29.4 Å². The number of aryl methyl sites for hydroxylation is 1. The smallest absolute Gasteiger partial charge is 0.272 e. The first-order valence-corrected chi connectivity index (χ1v) is 11.1. The molecule has 1 fully saturated rings. The second-order valence-electron chi connectivity index (χ2n) is 8.10. The molecule has 1 amide bonds. The molecule has 1 aliphatic rings. The molecular weight excluding hydrogens is 374 g/mol. The van der Waals surface area contributed by atoms with Gasteiger partial charge in [-0.15, -0.1) is 21.5 Å². The zero-order valence-electron chi connectivity index (χ0n) is 16.5. The molecule has 3 heterocycles. The number of carbonyl (C=O) groups excluding carboxylic acids is 1. The number of carbonyl (C=O) groups is 1. The number of hydrogen-bond donors (Lipinski definition) is 1. The SMILES string of the molecule is CC(C)Cn1c(=O)c2sccc2n2c(CCC(=O)NC3CCCCC3)nnc12. The van der Waals surface area contributed by atoms with Crippen LogP contribution in [-0.2, 0) is 17.8 Å². The summed E-state index contributed by atoms with van der Waals surface area (Å²) >= 11 is 1.44. The van der Waals surface area contributed by atoms with Crippen molar-refractivity contribution in [1.82, 2.24) is 24.5 Å². The summed E-state index contributed by atoms with van der Waals surface area (Å²) in [5, 5.41) is 13.7. The van der Waals surface area contributed by atoms with Gasteiger partial charge in [0.15, 0.2) is 0 Å².